The molecular weight excluding hydrogens is 476 g/mol. The van der Waals surface area contributed by atoms with Crippen molar-refractivity contribution in [1.82, 2.24) is 15.5 Å². The number of fused-ring (bicyclic) bond motifs is 1. The number of hydrogen-bond acceptors (Lipinski definition) is 5. The van der Waals surface area contributed by atoms with Gasteiger partial charge in [0.1, 0.15) is 6.61 Å². The fourth-order valence-corrected chi connectivity index (χ4v) is 5.21. The highest BCUT2D eigenvalue weighted by molar-refractivity contribution is 5.79. The maximum absolute atomic E-state index is 12.0. The van der Waals surface area contributed by atoms with Crippen molar-refractivity contribution < 1.29 is 14.3 Å². The molecule has 2 aromatic rings. The number of amides is 2. The molecule has 0 radical (unpaired) electrons. The second-order valence-corrected chi connectivity index (χ2v) is 10.6. The van der Waals surface area contributed by atoms with Gasteiger partial charge < -0.3 is 26.0 Å². The Morgan fingerprint density at radius 1 is 0.921 bits per heavy atom. The molecule has 0 bridgehead atoms. The Balaban J connectivity index is 1.44. The van der Waals surface area contributed by atoms with Crippen molar-refractivity contribution in [3.63, 3.8) is 0 Å². The van der Waals surface area contributed by atoms with Crippen LogP contribution >= 0.6 is 0 Å². The smallest absolute Gasteiger partial charge is 0.407 e. The van der Waals surface area contributed by atoms with E-state index in [9.17, 15) is 9.59 Å². The first-order valence-corrected chi connectivity index (χ1v) is 14.2. The van der Waals surface area contributed by atoms with E-state index in [1.807, 2.05) is 30.3 Å². The van der Waals surface area contributed by atoms with Gasteiger partial charge in [-0.2, -0.15) is 0 Å². The molecule has 7 heteroatoms. The van der Waals surface area contributed by atoms with Gasteiger partial charge in [-0.3, -0.25) is 4.79 Å². The molecule has 1 aliphatic carbocycles. The summed E-state index contributed by atoms with van der Waals surface area (Å²) in [4.78, 5) is 26.1. The molecule has 0 fully saturated rings. The van der Waals surface area contributed by atoms with Gasteiger partial charge in [-0.1, -0.05) is 42.5 Å². The van der Waals surface area contributed by atoms with Crippen LogP contribution in [-0.4, -0.2) is 56.7 Å². The lowest BCUT2D eigenvalue weighted by atomic mass is 9.82. The topological polar surface area (TPSA) is 96.7 Å². The molecule has 208 valence electrons. The minimum Gasteiger partial charge on any atom is -0.445 e. The lowest BCUT2D eigenvalue weighted by Gasteiger charge is -2.24. The van der Waals surface area contributed by atoms with E-state index in [0.717, 1.165) is 70.0 Å². The molecule has 0 saturated carbocycles. The number of alkyl carbamates (subject to hydrolysis) is 1. The predicted octanol–water partition coefficient (Wildman–Crippen LogP) is 4.14. The highest BCUT2D eigenvalue weighted by Crippen LogP contribution is 2.29. The lowest BCUT2D eigenvalue weighted by molar-refractivity contribution is -0.120. The number of ether oxygens (including phenoxy) is 1. The van der Waals surface area contributed by atoms with E-state index < -0.39 is 0 Å². The number of nitrogens with two attached hydrogens (primary N) is 1. The Hall–Kier alpha value is -2.90. The van der Waals surface area contributed by atoms with Crippen molar-refractivity contribution in [3.05, 3.63) is 70.3 Å². The summed E-state index contributed by atoms with van der Waals surface area (Å²) in [5.41, 5.74) is 12.5. The van der Waals surface area contributed by atoms with Crippen LogP contribution in [0.25, 0.3) is 0 Å². The lowest BCUT2D eigenvalue weighted by Crippen LogP contribution is -2.42. The average molecular weight is 523 g/mol. The Morgan fingerprint density at radius 3 is 2.26 bits per heavy atom. The van der Waals surface area contributed by atoms with E-state index in [1.54, 1.807) is 0 Å². The van der Waals surface area contributed by atoms with Crippen LogP contribution in [0.15, 0.2) is 42.5 Å². The van der Waals surface area contributed by atoms with Crippen molar-refractivity contribution in [2.45, 2.75) is 76.9 Å². The summed E-state index contributed by atoms with van der Waals surface area (Å²) in [7, 11) is 4.11. The van der Waals surface area contributed by atoms with Crippen LogP contribution < -0.4 is 16.4 Å². The summed E-state index contributed by atoms with van der Waals surface area (Å²) >= 11 is 0. The van der Waals surface area contributed by atoms with Crippen molar-refractivity contribution in [3.8, 4) is 0 Å². The van der Waals surface area contributed by atoms with Crippen LogP contribution in [0.4, 0.5) is 4.79 Å². The molecule has 7 nitrogen and oxygen atoms in total. The summed E-state index contributed by atoms with van der Waals surface area (Å²) in [5, 5.41) is 6.22. The van der Waals surface area contributed by atoms with Gasteiger partial charge in [0.15, 0.2) is 0 Å². The molecule has 1 aliphatic rings. The van der Waals surface area contributed by atoms with Crippen LogP contribution in [0, 0.1) is 0 Å². The zero-order valence-electron chi connectivity index (χ0n) is 23.3. The van der Waals surface area contributed by atoms with E-state index >= 15 is 0 Å². The van der Waals surface area contributed by atoms with E-state index in [2.05, 4.69) is 41.8 Å². The first-order valence-electron chi connectivity index (χ1n) is 14.2. The van der Waals surface area contributed by atoms with Crippen LogP contribution in [-0.2, 0) is 41.8 Å². The number of nitrogens with one attached hydrogen (secondary N) is 2. The van der Waals surface area contributed by atoms with Gasteiger partial charge in [-0.05, 0) is 119 Å². The zero-order valence-corrected chi connectivity index (χ0v) is 23.3. The second-order valence-electron chi connectivity index (χ2n) is 10.6. The summed E-state index contributed by atoms with van der Waals surface area (Å²) in [6, 6.07) is 14.0. The van der Waals surface area contributed by atoms with Gasteiger partial charge in [-0.25, -0.2) is 4.79 Å². The van der Waals surface area contributed by atoms with Crippen molar-refractivity contribution in [1.29, 1.82) is 0 Å². The number of hydrogen-bond donors (Lipinski definition) is 3. The zero-order chi connectivity index (χ0) is 27.2. The number of nitrogens with zero attached hydrogens (tertiary/aromatic N) is 1. The Labute approximate surface area is 228 Å². The molecular formula is C31H46N4O3. The normalized spacial score (nSPS) is 13.7. The van der Waals surface area contributed by atoms with Gasteiger partial charge in [0.25, 0.3) is 0 Å². The summed E-state index contributed by atoms with van der Waals surface area (Å²) in [5.74, 6) is -0.266. The standard InChI is InChI=1S/C31H46N4O3/c1-35(2)22-10-21-33-29(30(32)36)19-18-26-17-16-25(27-14-6-7-15-28(26)27)13-8-9-20-34-31(37)38-23-24-11-4-3-5-12-24/h3-5,11-12,16-17,29,33H,6-10,13-15,18-23H2,1-2H3,(H2,32,36)(H,34,37)/t29-/m0/s1. The van der Waals surface area contributed by atoms with Gasteiger partial charge in [-0.15, -0.1) is 0 Å². The Bertz CT molecular complexity index is 1010. The third-order valence-corrected chi connectivity index (χ3v) is 7.30. The van der Waals surface area contributed by atoms with Crippen LogP contribution in [0.5, 0.6) is 0 Å². The number of rotatable bonds is 16. The Morgan fingerprint density at radius 2 is 1.61 bits per heavy atom. The molecule has 0 saturated heterocycles. The van der Waals surface area contributed by atoms with Crippen LogP contribution in [0.2, 0.25) is 0 Å². The third kappa shape index (κ3) is 10.1. The van der Waals surface area contributed by atoms with Crippen LogP contribution in [0.3, 0.4) is 0 Å². The van der Waals surface area contributed by atoms with Gasteiger partial charge >= 0.3 is 6.09 Å². The molecule has 0 aromatic heterocycles. The van der Waals surface area contributed by atoms with Gasteiger partial charge in [0, 0.05) is 6.54 Å². The predicted molar refractivity (Wildman–Crippen MR) is 153 cm³/mol. The summed E-state index contributed by atoms with van der Waals surface area (Å²) in [6.45, 7) is 2.69. The van der Waals surface area contributed by atoms with Crippen molar-refractivity contribution in [2.24, 2.45) is 5.73 Å². The first-order chi connectivity index (χ1) is 18.4. The number of aryl methyl sites for hydroxylation is 2. The highest BCUT2D eigenvalue weighted by atomic mass is 16.5. The fraction of sp³-hybridized carbons (Fsp3) is 0.548. The third-order valence-electron chi connectivity index (χ3n) is 7.30. The minimum atomic E-state index is -0.364. The molecule has 0 spiro atoms. The number of carbonyl (C=O) groups excluding carboxylic acids is 2. The van der Waals surface area contributed by atoms with E-state index in [4.69, 9.17) is 10.5 Å². The summed E-state index contributed by atoms with van der Waals surface area (Å²) in [6.07, 6.45) is 9.87. The summed E-state index contributed by atoms with van der Waals surface area (Å²) < 4.78 is 5.29. The largest absolute Gasteiger partial charge is 0.445 e. The van der Waals surface area contributed by atoms with Crippen LogP contribution in [0.1, 0.15) is 66.3 Å². The number of unbranched alkanes of at least 4 members (excludes halogenated alkanes) is 1. The number of carbonyl (C=O) groups is 2. The minimum absolute atomic E-state index is 0.266. The van der Waals surface area contributed by atoms with E-state index in [1.165, 1.54) is 35.1 Å². The molecule has 1 atom stereocenters. The second kappa shape index (κ2) is 16.1. The molecule has 3 rings (SSSR count). The molecule has 0 unspecified atom stereocenters. The number of primary amides is 1. The average Bonchev–Trinajstić information content (AvgIpc) is 2.92. The maximum atomic E-state index is 12.0. The molecule has 2 aromatic carbocycles. The quantitative estimate of drug-likeness (QED) is 0.288. The van der Waals surface area contributed by atoms with Gasteiger partial charge in [0.05, 0.1) is 6.04 Å². The SMILES string of the molecule is CN(C)CCCN[C@@H](CCc1ccc(CCCCNC(=O)OCc2ccccc2)c2c1CCCC2)C(N)=O. The van der Waals surface area contributed by atoms with E-state index in [-0.39, 0.29) is 24.6 Å². The maximum Gasteiger partial charge on any atom is 0.407 e. The number of benzene rings is 2. The molecule has 4 N–H and O–H groups in total. The molecule has 2 amide bonds. The first kappa shape index (κ1) is 29.7. The van der Waals surface area contributed by atoms with Crippen molar-refractivity contribution in [2.75, 3.05) is 33.7 Å². The Kier molecular flexibility index (Phi) is 12.6. The highest BCUT2D eigenvalue weighted by Gasteiger charge is 2.19. The molecule has 0 aliphatic heterocycles. The van der Waals surface area contributed by atoms with Gasteiger partial charge in [0.2, 0.25) is 5.91 Å². The van der Waals surface area contributed by atoms with Crippen molar-refractivity contribution >= 4 is 12.0 Å². The fourth-order valence-electron chi connectivity index (χ4n) is 5.21. The monoisotopic (exact) mass is 522 g/mol. The molecule has 38 heavy (non-hydrogen) atoms. The molecule has 0 heterocycles. The van der Waals surface area contributed by atoms with E-state index in [0.29, 0.717) is 6.54 Å².